The summed E-state index contributed by atoms with van der Waals surface area (Å²) in [6.07, 6.45) is 0. The third-order valence-corrected chi connectivity index (χ3v) is 7.46. The predicted octanol–water partition coefficient (Wildman–Crippen LogP) is 6.53. The summed E-state index contributed by atoms with van der Waals surface area (Å²) in [4.78, 5) is 29.6. The Morgan fingerprint density at radius 3 is 2.41 bits per heavy atom. The van der Waals surface area contributed by atoms with E-state index in [1.165, 1.54) is 33.7 Å². The molecule has 0 bridgehead atoms. The second kappa shape index (κ2) is 11.3. The van der Waals surface area contributed by atoms with Crippen LogP contribution >= 0.6 is 34.5 Å². The van der Waals surface area contributed by atoms with Gasteiger partial charge in [-0.3, -0.25) is 14.9 Å². The van der Waals surface area contributed by atoms with Crippen molar-refractivity contribution in [3.63, 3.8) is 0 Å². The molecule has 1 aromatic heterocycles. The third-order valence-electron chi connectivity index (χ3n) is 5.78. The maximum absolute atomic E-state index is 12.6. The molecule has 1 heterocycles. The lowest BCUT2D eigenvalue weighted by Gasteiger charge is -2.08. The van der Waals surface area contributed by atoms with Crippen molar-refractivity contribution in [2.75, 3.05) is 18.4 Å². The van der Waals surface area contributed by atoms with Gasteiger partial charge in [0.25, 0.3) is 11.8 Å². The van der Waals surface area contributed by atoms with E-state index < -0.39 is 0 Å². The summed E-state index contributed by atoms with van der Waals surface area (Å²) in [7, 11) is 0. The first-order valence-electron chi connectivity index (χ1n) is 11.6. The molecule has 0 spiro atoms. The van der Waals surface area contributed by atoms with Crippen molar-refractivity contribution in [1.82, 2.24) is 15.6 Å². The predicted molar refractivity (Wildman–Crippen MR) is 152 cm³/mol. The highest BCUT2D eigenvalue weighted by Crippen LogP contribution is 2.28. The summed E-state index contributed by atoms with van der Waals surface area (Å²) in [6, 6.07) is 24.6. The molecule has 0 radical (unpaired) electrons. The fourth-order valence-electron chi connectivity index (χ4n) is 3.87. The SMILES string of the molecule is O=C(NCCNCc1ccc2ccccc2c1)c1ccc2nc(NC(=O)c3ccc(Cl)c(Cl)c3)sc2c1. The number of aromatic nitrogens is 1. The van der Waals surface area contributed by atoms with E-state index in [0.29, 0.717) is 44.9 Å². The van der Waals surface area contributed by atoms with Gasteiger partial charge in [-0.1, -0.05) is 70.9 Å². The summed E-state index contributed by atoms with van der Waals surface area (Å²) in [5.41, 5.74) is 2.81. The molecule has 0 fully saturated rings. The molecule has 3 N–H and O–H groups in total. The molecule has 0 saturated heterocycles. The summed E-state index contributed by atoms with van der Waals surface area (Å²) in [6.45, 7) is 1.87. The van der Waals surface area contributed by atoms with Gasteiger partial charge in [-0.15, -0.1) is 0 Å². The molecule has 0 aliphatic carbocycles. The standard InChI is InChI=1S/C28H22Cl2N4O2S/c29-22-9-7-20(14-23(22)30)27(36)34-28-33-24-10-8-21(15-25(24)37-28)26(35)32-12-11-31-16-17-5-6-18-3-1-2-4-19(18)13-17/h1-10,13-15,31H,11-12,16H2,(H,32,35)(H,33,34,36). The van der Waals surface area contributed by atoms with Gasteiger partial charge in [0.15, 0.2) is 5.13 Å². The molecule has 5 aromatic rings. The highest BCUT2D eigenvalue weighted by atomic mass is 35.5. The maximum Gasteiger partial charge on any atom is 0.257 e. The number of hydrogen-bond acceptors (Lipinski definition) is 5. The molecule has 5 rings (SSSR count). The Morgan fingerprint density at radius 1 is 0.784 bits per heavy atom. The van der Waals surface area contributed by atoms with Gasteiger partial charge in [-0.2, -0.15) is 0 Å². The number of thiazole rings is 1. The zero-order chi connectivity index (χ0) is 25.8. The largest absolute Gasteiger partial charge is 0.351 e. The number of amides is 2. The molecule has 37 heavy (non-hydrogen) atoms. The van der Waals surface area contributed by atoms with E-state index in [-0.39, 0.29) is 11.8 Å². The number of benzene rings is 4. The minimum Gasteiger partial charge on any atom is -0.351 e. The molecule has 0 saturated carbocycles. The zero-order valence-corrected chi connectivity index (χ0v) is 21.9. The first-order chi connectivity index (χ1) is 18.0. The lowest BCUT2D eigenvalue weighted by Crippen LogP contribution is -2.31. The molecule has 0 aliphatic heterocycles. The van der Waals surface area contributed by atoms with Gasteiger partial charge in [0, 0.05) is 30.8 Å². The van der Waals surface area contributed by atoms with E-state index in [9.17, 15) is 9.59 Å². The maximum atomic E-state index is 12.6. The Morgan fingerprint density at radius 2 is 1.57 bits per heavy atom. The molecule has 2 amide bonds. The lowest BCUT2D eigenvalue weighted by molar-refractivity contribution is 0.0953. The number of nitrogens with one attached hydrogen (secondary N) is 3. The molecule has 0 unspecified atom stereocenters. The van der Waals surface area contributed by atoms with Gasteiger partial charge in [0.05, 0.1) is 20.3 Å². The minimum atomic E-state index is -0.341. The van der Waals surface area contributed by atoms with Gasteiger partial charge < -0.3 is 10.6 Å². The van der Waals surface area contributed by atoms with Crippen LogP contribution in [0.2, 0.25) is 10.0 Å². The fraction of sp³-hybridized carbons (Fsp3) is 0.107. The third kappa shape index (κ3) is 6.09. The van der Waals surface area contributed by atoms with Crippen LogP contribution in [0.5, 0.6) is 0 Å². The van der Waals surface area contributed by atoms with Crippen molar-refractivity contribution in [2.24, 2.45) is 0 Å². The van der Waals surface area contributed by atoms with Gasteiger partial charge in [-0.05, 0) is 58.8 Å². The number of carbonyl (C=O) groups is 2. The molecule has 0 atom stereocenters. The Labute approximate surface area is 227 Å². The molecule has 4 aromatic carbocycles. The van der Waals surface area contributed by atoms with Crippen LogP contribution in [-0.2, 0) is 6.54 Å². The number of rotatable bonds is 8. The van der Waals surface area contributed by atoms with Crippen molar-refractivity contribution in [1.29, 1.82) is 0 Å². The minimum absolute atomic E-state index is 0.163. The molecular formula is C28H22Cl2N4O2S. The van der Waals surface area contributed by atoms with Crippen molar-refractivity contribution < 1.29 is 9.59 Å². The number of fused-ring (bicyclic) bond motifs is 2. The number of hydrogen-bond donors (Lipinski definition) is 3. The second-order valence-corrected chi connectivity index (χ2v) is 10.2. The fourth-order valence-corrected chi connectivity index (χ4v) is 5.07. The molecule has 186 valence electrons. The zero-order valence-electron chi connectivity index (χ0n) is 19.6. The van der Waals surface area contributed by atoms with Gasteiger partial charge in [-0.25, -0.2) is 4.98 Å². The number of nitrogens with zero attached hydrogens (tertiary/aromatic N) is 1. The quantitative estimate of drug-likeness (QED) is 0.192. The Kier molecular flexibility index (Phi) is 7.67. The van der Waals surface area contributed by atoms with Gasteiger partial charge >= 0.3 is 0 Å². The first kappa shape index (κ1) is 25.2. The number of carbonyl (C=O) groups excluding carboxylic acids is 2. The van der Waals surface area contributed by atoms with Crippen molar-refractivity contribution >= 4 is 72.5 Å². The smallest absolute Gasteiger partial charge is 0.257 e. The number of anilines is 1. The van der Waals surface area contributed by atoms with Gasteiger partial charge in [0.1, 0.15) is 0 Å². The summed E-state index contributed by atoms with van der Waals surface area (Å²) < 4.78 is 0.798. The lowest BCUT2D eigenvalue weighted by atomic mass is 10.1. The highest BCUT2D eigenvalue weighted by Gasteiger charge is 2.13. The van der Waals surface area contributed by atoms with E-state index in [1.54, 1.807) is 30.3 Å². The number of halogens is 2. The monoisotopic (exact) mass is 548 g/mol. The van der Waals surface area contributed by atoms with E-state index in [1.807, 2.05) is 12.1 Å². The van der Waals surface area contributed by atoms with Crippen molar-refractivity contribution in [2.45, 2.75) is 6.54 Å². The van der Waals surface area contributed by atoms with Crippen LogP contribution in [0.25, 0.3) is 21.0 Å². The summed E-state index contributed by atoms with van der Waals surface area (Å²) in [5, 5.41) is 12.6. The van der Waals surface area contributed by atoms with Crippen LogP contribution in [-0.4, -0.2) is 29.9 Å². The van der Waals surface area contributed by atoms with Crippen molar-refractivity contribution in [3.05, 3.63) is 106 Å². The summed E-state index contributed by atoms with van der Waals surface area (Å²) >= 11 is 13.2. The molecule has 9 heteroatoms. The summed E-state index contributed by atoms with van der Waals surface area (Å²) in [5.74, 6) is -0.504. The molecule has 6 nitrogen and oxygen atoms in total. The van der Waals surface area contributed by atoms with Crippen molar-refractivity contribution in [3.8, 4) is 0 Å². The van der Waals surface area contributed by atoms with E-state index in [2.05, 4.69) is 51.3 Å². The van der Waals surface area contributed by atoms with Crippen LogP contribution in [0.15, 0.2) is 78.9 Å². The normalized spacial score (nSPS) is 11.1. The Hall–Kier alpha value is -3.49. The van der Waals surface area contributed by atoms with E-state index in [4.69, 9.17) is 23.2 Å². The van der Waals surface area contributed by atoms with E-state index in [0.717, 1.165) is 11.2 Å². The molecular weight excluding hydrogens is 527 g/mol. The van der Waals surface area contributed by atoms with Crippen LogP contribution in [0.4, 0.5) is 5.13 Å². The Bertz CT molecular complexity index is 1620. The molecule has 0 aliphatic rings. The average Bonchev–Trinajstić information content (AvgIpc) is 3.31. The highest BCUT2D eigenvalue weighted by molar-refractivity contribution is 7.22. The average molecular weight is 549 g/mol. The first-order valence-corrected chi connectivity index (χ1v) is 13.2. The van der Waals surface area contributed by atoms with Crippen LogP contribution in [0.1, 0.15) is 26.3 Å². The Balaban J connectivity index is 1.13. The van der Waals surface area contributed by atoms with Gasteiger partial charge in [0.2, 0.25) is 0 Å². The van der Waals surface area contributed by atoms with Crippen LogP contribution < -0.4 is 16.0 Å². The van der Waals surface area contributed by atoms with E-state index >= 15 is 0 Å². The second-order valence-electron chi connectivity index (χ2n) is 8.40. The van der Waals surface area contributed by atoms with Crippen LogP contribution in [0, 0.1) is 0 Å². The van der Waals surface area contributed by atoms with Crippen LogP contribution in [0.3, 0.4) is 0 Å². The topological polar surface area (TPSA) is 83.1 Å².